The van der Waals surface area contributed by atoms with Gasteiger partial charge in [0.15, 0.2) is 0 Å². The maximum absolute atomic E-state index is 12.2. The second-order valence-electron chi connectivity index (χ2n) is 7.60. The van der Waals surface area contributed by atoms with E-state index in [2.05, 4.69) is 5.32 Å². The molecular formula is C19H29N3O5. The summed E-state index contributed by atoms with van der Waals surface area (Å²) in [6.07, 6.45) is 0.582. The minimum atomic E-state index is -0.503. The Labute approximate surface area is 159 Å². The number of esters is 1. The van der Waals surface area contributed by atoms with Crippen molar-refractivity contribution in [3.63, 3.8) is 0 Å². The largest absolute Gasteiger partial charge is 0.494 e. The van der Waals surface area contributed by atoms with Gasteiger partial charge in [0.05, 0.1) is 25.5 Å². The average Bonchev–Trinajstić information content (AvgIpc) is 3.07. The molecule has 1 fully saturated rings. The Morgan fingerprint density at radius 3 is 2.59 bits per heavy atom. The van der Waals surface area contributed by atoms with Gasteiger partial charge < -0.3 is 30.2 Å². The van der Waals surface area contributed by atoms with E-state index in [0.29, 0.717) is 42.3 Å². The number of benzene rings is 1. The van der Waals surface area contributed by atoms with Crippen LogP contribution in [-0.2, 0) is 9.47 Å². The first-order valence-electron chi connectivity index (χ1n) is 8.92. The van der Waals surface area contributed by atoms with Crippen LogP contribution in [0.2, 0.25) is 0 Å². The second-order valence-corrected chi connectivity index (χ2v) is 7.60. The molecule has 8 heteroatoms. The summed E-state index contributed by atoms with van der Waals surface area (Å²) in [7, 11) is 2.83. The van der Waals surface area contributed by atoms with Gasteiger partial charge in [0.25, 0.3) is 0 Å². The molecule has 1 aromatic rings. The first-order valence-corrected chi connectivity index (χ1v) is 8.92. The molecule has 0 radical (unpaired) electrons. The predicted molar refractivity (Wildman–Crippen MR) is 103 cm³/mol. The minimum absolute atomic E-state index is 0.266. The number of nitrogen functional groups attached to an aromatic ring is 1. The van der Waals surface area contributed by atoms with E-state index in [0.717, 1.165) is 6.42 Å². The highest BCUT2D eigenvalue weighted by atomic mass is 16.6. The Balaban J connectivity index is 1.99. The van der Waals surface area contributed by atoms with Crippen LogP contribution >= 0.6 is 0 Å². The van der Waals surface area contributed by atoms with Gasteiger partial charge in [0.1, 0.15) is 17.0 Å². The number of carbonyl (C=O) groups is 2. The number of rotatable bonds is 5. The van der Waals surface area contributed by atoms with Crippen LogP contribution in [0.25, 0.3) is 0 Å². The van der Waals surface area contributed by atoms with Crippen molar-refractivity contribution in [1.29, 1.82) is 0 Å². The molecule has 0 aliphatic carbocycles. The smallest absolute Gasteiger partial charge is 0.410 e. The number of likely N-dealkylation sites (tertiary alicyclic amines) is 1. The van der Waals surface area contributed by atoms with E-state index in [9.17, 15) is 9.59 Å². The van der Waals surface area contributed by atoms with E-state index in [4.69, 9.17) is 19.9 Å². The van der Waals surface area contributed by atoms with Crippen molar-refractivity contribution in [3.05, 3.63) is 17.7 Å². The summed E-state index contributed by atoms with van der Waals surface area (Å²) in [4.78, 5) is 25.6. The Morgan fingerprint density at radius 2 is 2.00 bits per heavy atom. The number of carbonyl (C=O) groups excluding carboxylic acids is 2. The number of anilines is 2. The number of amides is 1. The topological polar surface area (TPSA) is 103 Å². The van der Waals surface area contributed by atoms with E-state index in [-0.39, 0.29) is 12.0 Å². The molecule has 1 heterocycles. The third kappa shape index (κ3) is 5.42. The molecule has 0 aromatic heterocycles. The van der Waals surface area contributed by atoms with Gasteiger partial charge in [0, 0.05) is 19.6 Å². The molecule has 1 aromatic carbocycles. The number of methoxy groups -OCH3 is 2. The molecule has 0 saturated carbocycles. The first-order chi connectivity index (χ1) is 12.6. The first kappa shape index (κ1) is 20.7. The number of hydrogen-bond donors (Lipinski definition) is 2. The fourth-order valence-electron chi connectivity index (χ4n) is 2.96. The van der Waals surface area contributed by atoms with Crippen molar-refractivity contribution < 1.29 is 23.8 Å². The molecule has 0 unspecified atom stereocenters. The van der Waals surface area contributed by atoms with Crippen molar-refractivity contribution in [2.75, 3.05) is 44.9 Å². The summed E-state index contributed by atoms with van der Waals surface area (Å²) in [5, 5.41) is 3.29. The summed E-state index contributed by atoms with van der Waals surface area (Å²) in [6, 6.07) is 3.14. The summed E-state index contributed by atoms with van der Waals surface area (Å²) in [5.74, 6) is 0.259. The molecule has 3 N–H and O–H groups in total. The van der Waals surface area contributed by atoms with Crippen molar-refractivity contribution >= 4 is 23.4 Å². The lowest BCUT2D eigenvalue weighted by molar-refractivity contribution is 0.0289. The SMILES string of the molecule is COC(=O)c1cc(N)c(NC[C@H]2CCN(C(=O)OC(C)(C)C)C2)c(OC)c1. The molecule has 1 aliphatic rings. The molecule has 1 aliphatic heterocycles. The Kier molecular flexibility index (Phi) is 6.41. The quantitative estimate of drug-likeness (QED) is 0.599. The maximum atomic E-state index is 12.2. The van der Waals surface area contributed by atoms with E-state index in [1.54, 1.807) is 17.0 Å². The van der Waals surface area contributed by atoms with Crippen LogP contribution in [0.1, 0.15) is 37.6 Å². The number of nitrogens with two attached hydrogens (primary N) is 1. The van der Waals surface area contributed by atoms with Crippen LogP contribution < -0.4 is 15.8 Å². The van der Waals surface area contributed by atoms with Crippen LogP contribution in [0.5, 0.6) is 5.75 Å². The molecule has 150 valence electrons. The molecule has 1 atom stereocenters. The van der Waals surface area contributed by atoms with E-state index < -0.39 is 11.6 Å². The summed E-state index contributed by atoms with van der Waals surface area (Å²) < 4.78 is 15.5. The van der Waals surface area contributed by atoms with Gasteiger partial charge in [-0.1, -0.05) is 0 Å². The highest BCUT2D eigenvalue weighted by molar-refractivity contribution is 5.93. The maximum Gasteiger partial charge on any atom is 0.410 e. The van der Waals surface area contributed by atoms with Crippen LogP contribution in [0.15, 0.2) is 12.1 Å². The van der Waals surface area contributed by atoms with Crippen molar-refractivity contribution in [1.82, 2.24) is 4.90 Å². The molecule has 2 rings (SSSR count). The molecule has 0 bridgehead atoms. The summed E-state index contributed by atoms with van der Waals surface area (Å²) in [5.41, 5.74) is 6.94. The van der Waals surface area contributed by atoms with Crippen molar-refractivity contribution in [2.45, 2.75) is 32.8 Å². The monoisotopic (exact) mass is 379 g/mol. The van der Waals surface area contributed by atoms with Crippen LogP contribution in [0.3, 0.4) is 0 Å². The zero-order valence-corrected chi connectivity index (χ0v) is 16.6. The minimum Gasteiger partial charge on any atom is -0.494 e. The second kappa shape index (κ2) is 8.37. The number of nitrogens with one attached hydrogen (secondary N) is 1. The highest BCUT2D eigenvalue weighted by Crippen LogP contribution is 2.33. The molecule has 0 spiro atoms. The standard InChI is InChI=1S/C19H29N3O5/c1-19(2,3)27-18(24)22-7-6-12(11-22)10-21-16-14(20)8-13(17(23)26-5)9-15(16)25-4/h8-9,12,21H,6-7,10-11,20H2,1-5H3/t12-/m1/s1. The number of nitrogens with zero attached hydrogens (tertiary/aromatic N) is 1. The Bertz CT molecular complexity index is 699. The predicted octanol–water partition coefficient (Wildman–Crippen LogP) is 2.73. The normalized spacial score (nSPS) is 16.8. The van der Waals surface area contributed by atoms with Gasteiger partial charge >= 0.3 is 12.1 Å². The van der Waals surface area contributed by atoms with Gasteiger partial charge in [-0.15, -0.1) is 0 Å². The Morgan fingerprint density at radius 1 is 1.30 bits per heavy atom. The van der Waals surface area contributed by atoms with E-state index in [1.165, 1.54) is 14.2 Å². The molecular weight excluding hydrogens is 350 g/mol. The lowest BCUT2D eigenvalue weighted by Crippen LogP contribution is -2.35. The third-order valence-corrected chi connectivity index (χ3v) is 4.28. The molecule has 8 nitrogen and oxygen atoms in total. The number of hydrogen-bond acceptors (Lipinski definition) is 7. The zero-order valence-electron chi connectivity index (χ0n) is 16.6. The molecule has 27 heavy (non-hydrogen) atoms. The Hall–Kier alpha value is -2.64. The van der Waals surface area contributed by atoms with Crippen molar-refractivity contribution in [3.8, 4) is 5.75 Å². The van der Waals surface area contributed by atoms with Gasteiger partial charge in [-0.25, -0.2) is 9.59 Å². The summed E-state index contributed by atoms with van der Waals surface area (Å²) >= 11 is 0. The third-order valence-electron chi connectivity index (χ3n) is 4.28. The van der Waals surface area contributed by atoms with Gasteiger partial charge in [-0.2, -0.15) is 0 Å². The fourth-order valence-corrected chi connectivity index (χ4v) is 2.96. The van der Waals surface area contributed by atoms with E-state index >= 15 is 0 Å². The van der Waals surface area contributed by atoms with Crippen LogP contribution in [0.4, 0.5) is 16.2 Å². The van der Waals surface area contributed by atoms with Crippen LogP contribution in [0, 0.1) is 5.92 Å². The van der Waals surface area contributed by atoms with Gasteiger partial charge in [0.2, 0.25) is 0 Å². The number of ether oxygens (including phenoxy) is 3. The fraction of sp³-hybridized carbons (Fsp3) is 0.579. The lowest BCUT2D eigenvalue weighted by Gasteiger charge is -2.24. The van der Waals surface area contributed by atoms with Crippen LogP contribution in [-0.4, -0.2) is 56.4 Å². The highest BCUT2D eigenvalue weighted by Gasteiger charge is 2.30. The van der Waals surface area contributed by atoms with Crippen molar-refractivity contribution in [2.24, 2.45) is 5.92 Å². The average molecular weight is 379 g/mol. The van der Waals surface area contributed by atoms with Gasteiger partial charge in [-0.05, 0) is 45.2 Å². The molecule has 1 saturated heterocycles. The zero-order chi connectivity index (χ0) is 20.2. The van der Waals surface area contributed by atoms with Gasteiger partial charge in [-0.3, -0.25) is 0 Å². The van der Waals surface area contributed by atoms with E-state index in [1.807, 2.05) is 20.8 Å². The molecule has 1 amide bonds. The lowest BCUT2D eigenvalue weighted by atomic mass is 10.1. The summed E-state index contributed by atoms with van der Waals surface area (Å²) in [6.45, 7) is 7.46.